The second-order valence-corrected chi connectivity index (χ2v) is 10.2. The van der Waals surface area contributed by atoms with Crippen molar-refractivity contribution < 1.29 is 4.79 Å². The lowest BCUT2D eigenvalue weighted by Gasteiger charge is -2.57. The van der Waals surface area contributed by atoms with E-state index in [9.17, 15) is 4.79 Å². The molecule has 4 saturated carbocycles. The van der Waals surface area contributed by atoms with Crippen molar-refractivity contribution in [1.82, 2.24) is 15.2 Å². The van der Waals surface area contributed by atoms with E-state index in [2.05, 4.69) is 16.9 Å². The summed E-state index contributed by atoms with van der Waals surface area (Å²) in [5, 5.41) is 3.15. The van der Waals surface area contributed by atoms with Crippen LogP contribution in [0.5, 0.6) is 0 Å². The quantitative estimate of drug-likeness (QED) is 0.461. The van der Waals surface area contributed by atoms with Crippen molar-refractivity contribution in [2.24, 2.45) is 23.2 Å². The monoisotopic (exact) mass is 395 g/mol. The minimum atomic E-state index is 0.0763. The van der Waals surface area contributed by atoms with Gasteiger partial charge in [-0.05, 0) is 106 Å². The molecule has 2 amide bonds. The van der Waals surface area contributed by atoms with Gasteiger partial charge in [0.15, 0.2) is 0 Å². The first-order valence-corrected chi connectivity index (χ1v) is 11.6. The van der Waals surface area contributed by atoms with Crippen LogP contribution in [0, 0.1) is 23.2 Å². The van der Waals surface area contributed by atoms with Crippen molar-refractivity contribution in [1.29, 1.82) is 0 Å². The maximum Gasteiger partial charge on any atom is 0.317 e. The molecule has 0 unspecified atom stereocenters. The fraction of sp³-hybridized carbons (Fsp3) is 0.680. The molecule has 4 bridgehead atoms. The van der Waals surface area contributed by atoms with Crippen LogP contribution in [0.1, 0.15) is 63.9 Å². The number of carbonyl (C=O) groups is 1. The van der Waals surface area contributed by atoms with Gasteiger partial charge in [-0.1, -0.05) is 12.2 Å². The summed E-state index contributed by atoms with van der Waals surface area (Å²) in [5.74, 6) is 2.91. The fourth-order valence-electron chi connectivity index (χ4n) is 6.70. The molecule has 4 fully saturated rings. The second-order valence-electron chi connectivity index (χ2n) is 10.2. The zero-order valence-electron chi connectivity index (χ0n) is 18.0. The molecule has 5 rings (SSSR count). The Morgan fingerprint density at radius 3 is 2.38 bits per heavy atom. The fourth-order valence-corrected chi connectivity index (χ4v) is 6.70. The lowest BCUT2D eigenvalue weighted by Crippen LogP contribution is -2.48. The number of hydrogen-bond donors (Lipinski definition) is 1. The van der Waals surface area contributed by atoms with Crippen LogP contribution in [0.2, 0.25) is 0 Å². The lowest BCUT2D eigenvalue weighted by molar-refractivity contribution is -0.0594. The number of urea groups is 1. The summed E-state index contributed by atoms with van der Waals surface area (Å²) < 4.78 is 0. The largest absolute Gasteiger partial charge is 0.338 e. The second kappa shape index (κ2) is 8.89. The summed E-state index contributed by atoms with van der Waals surface area (Å²) in [6.45, 7) is 8.34. The first kappa shape index (κ1) is 20.4. The van der Waals surface area contributed by atoms with Crippen LogP contribution < -0.4 is 5.32 Å². The number of aryl methyl sites for hydroxylation is 1. The predicted octanol–water partition coefficient (Wildman–Crippen LogP) is 5.21. The van der Waals surface area contributed by atoms with Gasteiger partial charge in [0, 0.05) is 32.0 Å². The van der Waals surface area contributed by atoms with Gasteiger partial charge in [0.2, 0.25) is 0 Å². The van der Waals surface area contributed by atoms with E-state index >= 15 is 0 Å². The maximum absolute atomic E-state index is 12.9. The van der Waals surface area contributed by atoms with Gasteiger partial charge in [-0.3, -0.25) is 4.98 Å². The molecule has 29 heavy (non-hydrogen) atoms. The Labute approximate surface area is 176 Å². The third-order valence-corrected chi connectivity index (χ3v) is 7.49. The van der Waals surface area contributed by atoms with Gasteiger partial charge in [0.25, 0.3) is 0 Å². The molecule has 1 heterocycles. The zero-order chi connectivity index (χ0) is 20.3. The molecule has 4 aliphatic carbocycles. The van der Waals surface area contributed by atoms with Crippen LogP contribution in [0.3, 0.4) is 0 Å². The number of pyridine rings is 1. The number of hydrogen-bond acceptors (Lipinski definition) is 2. The Morgan fingerprint density at radius 2 is 1.79 bits per heavy atom. The summed E-state index contributed by atoms with van der Waals surface area (Å²) in [7, 11) is 0. The van der Waals surface area contributed by atoms with E-state index in [0.29, 0.717) is 18.5 Å². The van der Waals surface area contributed by atoms with E-state index in [1.54, 1.807) is 0 Å². The van der Waals surface area contributed by atoms with E-state index < -0.39 is 0 Å². The van der Waals surface area contributed by atoms with Crippen LogP contribution >= 0.6 is 0 Å². The Kier molecular flexibility index (Phi) is 6.26. The van der Waals surface area contributed by atoms with Crippen molar-refractivity contribution >= 4 is 6.03 Å². The van der Waals surface area contributed by atoms with E-state index in [0.717, 1.165) is 42.7 Å². The van der Waals surface area contributed by atoms with E-state index in [-0.39, 0.29) is 6.03 Å². The Morgan fingerprint density at radius 1 is 1.17 bits per heavy atom. The van der Waals surface area contributed by atoms with Gasteiger partial charge in [-0.15, -0.1) is 0 Å². The molecule has 4 nitrogen and oxygen atoms in total. The number of rotatable bonds is 9. The molecule has 0 aromatic carbocycles. The molecular weight excluding hydrogens is 358 g/mol. The normalized spacial score (nSPS) is 29.6. The summed E-state index contributed by atoms with van der Waals surface area (Å²) in [4.78, 5) is 18.9. The van der Waals surface area contributed by atoms with E-state index in [1.807, 2.05) is 36.4 Å². The van der Waals surface area contributed by atoms with Gasteiger partial charge in [-0.25, -0.2) is 4.79 Å². The molecular formula is C25H37N3O. The predicted molar refractivity (Wildman–Crippen MR) is 118 cm³/mol. The van der Waals surface area contributed by atoms with Crippen LogP contribution in [0.25, 0.3) is 0 Å². The Hall–Kier alpha value is -1.84. The van der Waals surface area contributed by atoms with Crippen LogP contribution in [0.15, 0.2) is 36.7 Å². The van der Waals surface area contributed by atoms with E-state index in [4.69, 9.17) is 0 Å². The Balaban J connectivity index is 1.27. The number of nitrogens with zero attached hydrogens (tertiary/aromatic N) is 2. The van der Waals surface area contributed by atoms with Crippen molar-refractivity contribution in [3.05, 3.63) is 42.2 Å². The molecule has 0 aliphatic heterocycles. The minimum absolute atomic E-state index is 0.0763. The van der Waals surface area contributed by atoms with E-state index in [1.165, 1.54) is 50.5 Å². The summed E-state index contributed by atoms with van der Waals surface area (Å²) in [6.07, 6.45) is 15.4. The van der Waals surface area contributed by atoms with Crippen LogP contribution in [0.4, 0.5) is 4.79 Å². The molecule has 4 aliphatic rings. The van der Waals surface area contributed by atoms with Crippen molar-refractivity contribution in [2.75, 3.05) is 19.6 Å². The highest BCUT2D eigenvalue weighted by molar-refractivity contribution is 5.74. The number of aromatic nitrogens is 1. The van der Waals surface area contributed by atoms with Crippen molar-refractivity contribution in [3.63, 3.8) is 0 Å². The molecule has 158 valence electrons. The average Bonchev–Trinajstić information content (AvgIpc) is 2.68. The molecule has 4 heteroatoms. The van der Waals surface area contributed by atoms with Gasteiger partial charge >= 0.3 is 6.03 Å². The maximum atomic E-state index is 12.9. The van der Waals surface area contributed by atoms with Crippen LogP contribution in [-0.4, -0.2) is 35.5 Å². The van der Waals surface area contributed by atoms with Gasteiger partial charge < -0.3 is 10.2 Å². The summed E-state index contributed by atoms with van der Waals surface area (Å²) in [5.41, 5.74) is 2.85. The van der Waals surface area contributed by atoms with Crippen molar-refractivity contribution in [3.8, 4) is 0 Å². The highest BCUT2D eigenvalue weighted by atomic mass is 16.2. The standard InChI is InChI=1S/C25H37N3O/c1-19(2)18-28(24(29)27-8-3-4-20-5-9-26-10-6-20)11-7-25-15-21-12-22(16-25)14-23(13-21)17-25/h5-6,9-10,21-23H,1,3-4,7-8,11-18H2,2H3,(H,27,29). The number of carbonyl (C=O) groups excluding carboxylic acids is 1. The highest BCUT2D eigenvalue weighted by Gasteiger charge is 2.50. The number of amides is 2. The summed E-state index contributed by atoms with van der Waals surface area (Å²) >= 11 is 0. The number of nitrogens with one attached hydrogen (secondary N) is 1. The zero-order valence-corrected chi connectivity index (χ0v) is 18.0. The van der Waals surface area contributed by atoms with Crippen molar-refractivity contribution in [2.45, 2.75) is 64.7 Å². The van der Waals surface area contributed by atoms with Gasteiger partial charge in [0.05, 0.1) is 0 Å². The summed E-state index contributed by atoms with van der Waals surface area (Å²) in [6, 6.07) is 4.16. The molecule has 0 saturated heterocycles. The Bertz CT molecular complexity index is 679. The van der Waals surface area contributed by atoms with Gasteiger partial charge in [0.1, 0.15) is 0 Å². The molecule has 1 aromatic heterocycles. The highest BCUT2D eigenvalue weighted by Crippen LogP contribution is 2.61. The minimum Gasteiger partial charge on any atom is -0.338 e. The smallest absolute Gasteiger partial charge is 0.317 e. The third-order valence-electron chi connectivity index (χ3n) is 7.49. The average molecular weight is 396 g/mol. The first-order valence-electron chi connectivity index (χ1n) is 11.6. The molecule has 0 spiro atoms. The first-order chi connectivity index (χ1) is 14.0. The molecule has 1 N–H and O–H groups in total. The molecule has 0 radical (unpaired) electrons. The lowest BCUT2D eigenvalue weighted by atomic mass is 9.49. The third kappa shape index (κ3) is 5.21. The van der Waals surface area contributed by atoms with Gasteiger partial charge in [-0.2, -0.15) is 0 Å². The molecule has 0 atom stereocenters. The topological polar surface area (TPSA) is 45.2 Å². The molecule has 1 aromatic rings. The SMILES string of the molecule is C=C(C)CN(CCC12CC3CC(CC(C3)C1)C2)C(=O)NCCCc1ccncc1. The van der Waals surface area contributed by atoms with Crippen LogP contribution in [-0.2, 0) is 6.42 Å².